The van der Waals surface area contributed by atoms with E-state index in [-0.39, 0.29) is 0 Å². The van der Waals surface area contributed by atoms with Crippen LogP contribution in [0, 0.1) is 0 Å². The highest BCUT2D eigenvalue weighted by atomic mass is 32.2. The average molecular weight is 276 g/mol. The summed E-state index contributed by atoms with van der Waals surface area (Å²) in [7, 11) is -1.47. The summed E-state index contributed by atoms with van der Waals surface area (Å²) in [6, 6.07) is 6.74. The van der Waals surface area contributed by atoms with Crippen LogP contribution < -0.4 is 10.2 Å². The number of aromatic nitrogens is 2. The molecule has 0 fully saturated rings. The quantitative estimate of drug-likeness (QED) is 0.450. The summed E-state index contributed by atoms with van der Waals surface area (Å²) >= 11 is 1.55. The number of benzene rings is 1. The monoisotopic (exact) mass is 276 g/mol. The summed E-state index contributed by atoms with van der Waals surface area (Å²) in [5.41, 5.74) is 0.416. The zero-order chi connectivity index (χ0) is 13.5. The van der Waals surface area contributed by atoms with E-state index in [0.717, 1.165) is 10.8 Å². The fourth-order valence-corrected chi connectivity index (χ4v) is 2.08. The predicted molar refractivity (Wildman–Crippen MR) is 74.5 cm³/mol. The largest absolute Gasteiger partial charge is 0.493 e. The highest BCUT2D eigenvalue weighted by Crippen LogP contribution is 2.13. The van der Waals surface area contributed by atoms with Gasteiger partial charge in [0.05, 0.1) is 12.8 Å². The molecule has 0 spiro atoms. The molecule has 5 nitrogen and oxygen atoms in total. The minimum Gasteiger partial charge on any atom is -0.493 e. The molecule has 1 aromatic carbocycles. The summed E-state index contributed by atoms with van der Waals surface area (Å²) in [5.74, 6) is 1.36. The molecule has 19 heavy (non-hydrogen) atoms. The van der Waals surface area contributed by atoms with Crippen molar-refractivity contribution < 1.29 is 14.8 Å². The van der Waals surface area contributed by atoms with Crippen molar-refractivity contribution in [3.8, 4) is 5.75 Å². The Morgan fingerprint density at radius 2 is 2.16 bits per heavy atom. The van der Waals surface area contributed by atoms with E-state index in [1.54, 1.807) is 54.6 Å². The fraction of sp³-hybridized carbons (Fsp3) is 0.167. The Balaban J connectivity index is 1.78. The SMILES string of the molecule is OB(O)c1cccc(OCCSc2cnccn2)c1. The van der Waals surface area contributed by atoms with E-state index in [0.29, 0.717) is 17.8 Å². The van der Waals surface area contributed by atoms with Gasteiger partial charge in [-0.1, -0.05) is 12.1 Å². The van der Waals surface area contributed by atoms with Crippen molar-refractivity contribution >= 4 is 24.3 Å². The van der Waals surface area contributed by atoms with Crippen molar-refractivity contribution in [2.75, 3.05) is 12.4 Å². The Hall–Kier alpha value is -1.57. The van der Waals surface area contributed by atoms with Gasteiger partial charge in [0.15, 0.2) is 0 Å². The smallest absolute Gasteiger partial charge is 0.488 e. The van der Waals surface area contributed by atoms with Crippen LogP contribution in [0.5, 0.6) is 5.75 Å². The van der Waals surface area contributed by atoms with E-state index in [1.165, 1.54) is 0 Å². The van der Waals surface area contributed by atoms with Crippen LogP contribution in [-0.4, -0.2) is 39.5 Å². The normalized spacial score (nSPS) is 10.2. The van der Waals surface area contributed by atoms with E-state index in [4.69, 9.17) is 14.8 Å². The van der Waals surface area contributed by atoms with Crippen molar-refractivity contribution in [2.24, 2.45) is 0 Å². The lowest BCUT2D eigenvalue weighted by atomic mass is 9.80. The molecular formula is C12H13BN2O3S. The molecule has 0 aliphatic rings. The Morgan fingerprint density at radius 3 is 2.89 bits per heavy atom. The number of hydrogen-bond acceptors (Lipinski definition) is 6. The predicted octanol–water partition coefficient (Wildman–Crippen LogP) is 0.327. The zero-order valence-corrected chi connectivity index (χ0v) is 11.0. The van der Waals surface area contributed by atoms with Gasteiger partial charge in [-0.15, -0.1) is 11.8 Å². The van der Waals surface area contributed by atoms with Crippen molar-refractivity contribution in [1.82, 2.24) is 9.97 Å². The lowest BCUT2D eigenvalue weighted by Gasteiger charge is -2.07. The summed E-state index contributed by atoms with van der Waals surface area (Å²) in [5, 5.41) is 19.0. The van der Waals surface area contributed by atoms with E-state index in [9.17, 15) is 0 Å². The maximum absolute atomic E-state index is 9.05. The molecule has 0 radical (unpaired) electrons. The summed E-state index contributed by atoms with van der Waals surface area (Å²) in [6.45, 7) is 0.506. The van der Waals surface area contributed by atoms with Crippen molar-refractivity contribution in [3.05, 3.63) is 42.9 Å². The third-order valence-electron chi connectivity index (χ3n) is 2.30. The number of hydrogen-bond donors (Lipinski definition) is 2. The van der Waals surface area contributed by atoms with Gasteiger partial charge in [0.2, 0.25) is 0 Å². The van der Waals surface area contributed by atoms with Crippen LogP contribution in [0.2, 0.25) is 0 Å². The first-order chi connectivity index (χ1) is 9.25. The van der Waals surface area contributed by atoms with Crippen LogP contribution in [-0.2, 0) is 0 Å². The average Bonchev–Trinajstić information content (AvgIpc) is 2.45. The number of nitrogens with zero attached hydrogens (tertiary/aromatic N) is 2. The molecule has 0 saturated carbocycles. The lowest BCUT2D eigenvalue weighted by molar-refractivity contribution is 0.344. The molecule has 7 heteroatoms. The number of thioether (sulfide) groups is 1. The van der Waals surface area contributed by atoms with Gasteiger partial charge in [-0.3, -0.25) is 4.98 Å². The first-order valence-corrected chi connectivity index (χ1v) is 6.72. The first-order valence-electron chi connectivity index (χ1n) is 5.73. The minimum absolute atomic E-state index is 0.416. The molecule has 1 aromatic heterocycles. The lowest BCUT2D eigenvalue weighted by Crippen LogP contribution is -2.29. The van der Waals surface area contributed by atoms with Crippen molar-refractivity contribution in [1.29, 1.82) is 0 Å². The van der Waals surface area contributed by atoms with Gasteiger partial charge in [0.25, 0.3) is 0 Å². The van der Waals surface area contributed by atoms with Crippen LogP contribution in [0.1, 0.15) is 0 Å². The second-order valence-corrected chi connectivity index (χ2v) is 4.80. The molecule has 0 atom stereocenters. The van der Waals surface area contributed by atoms with Crippen molar-refractivity contribution in [3.63, 3.8) is 0 Å². The van der Waals surface area contributed by atoms with Gasteiger partial charge < -0.3 is 14.8 Å². The molecule has 2 N–H and O–H groups in total. The maximum atomic E-state index is 9.05. The highest BCUT2D eigenvalue weighted by Gasteiger charge is 2.10. The van der Waals surface area contributed by atoms with Gasteiger partial charge in [-0.05, 0) is 17.6 Å². The third-order valence-corrected chi connectivity index (χ3v) is 3.18. The Kier molecular flexibility index (Phi) is 5.20. The molecule has 2 rings (SSSR count). The second kappa shape index (κ2) is 7.13. The molecular weight excluding hydrogens is 263 g/mol. The van der Waals surface area contributed by atoms with E-state index >= 15 is 0 Å². The van der Waals surface area contributed by atoms with Crippen LogP contribution in [0.3, 0.4) is 0 Å². The molecule has 0 amide bonds. The van der Waals surface area contributed by atoms with Crippen molar-refractivity contribution in [2.45, 2.75) is 5.03 Å². The topological polar surface area (TPSA) is 75.5 Å². The molecule has 1 heterocycles. The second-order valence-electron chi connectivity index (χ2n) is 3.69. The van der Waals surface area contributed by atoms with E-state index < -0.39 is 7.12 Å². The fourth-order valence-electron chi connectivity index (χ4n) is 1.43. The first kappa shape index (κ1) is 13.9. The molecule has 98 valence electrons. The van der Waals surface area contributed by atoms with Gasteiger partial charge in [-0.25, -0.2) is 4.98 Å². The van der Waals surface area contributed by atoms with E-state index in [1.807, 2.05) is 0 Å². The summed E-state index contributed by atoms with van der Waals surface area (Å²) in [4.78, 5) is 8.11. The molecule has 0 saturated heterocycles. The standard InChI is InChI=1S/C12H13BN2O3S/c16-13(17)10-2-1-3-11(8-10)18-6-7-19-12-9-14-4-5-15-12/h1-5,8-9,16-17H,6-7H2. The summed E-state index contributed by atoms with van der Waals surface area (Å²) in [6.07, 6.45) is 4.98. The minimum atomic E-state index is -1.47. The summed E-state index contributed by atoms with van der Waals surface area (Å²) < 4.78 is 5.53. The Bertz CT molecular complexity index is 513. The molecule has 0 unspecified atom stereocenters. The Morgan fingerprint density at radius 1 is 1.26 bits per heavy atom. The molecule has 0 bridgehead atoms. The highest BCUT2D eigenvalue weighted by molar-refractivity contribution is 7.99. The molecule has 0 aliphatic heterocycles. The molecule has 0 aliphatic carbocycles. The number of ether oxygens (including phenoxy) is 1. The van der Waals surface area contributed by atoms with Crippen LogP contribution >= 0.6 is 11.8 Å². The maximum Gasteiger partial charge on any atom is 0.488 e. The van der Waals surface area contributed by atoms with Crippen LogP contribution in [0.25, 0.3) is 0 Å². The van der Waals surface area contributed by atoms with Gasteiger partial charge in [0.1, 0.15) is 10.8 Å². The van der Waals surface area contributed by atoms with Gasteiger partial charge >= 0.3 is 7.12 Å². The third kappa shape index (κ3) is 4.55. The van der Waals surface area contributed by atoms with Gasteiger partial charge in [-0.2, -0.15) is 0 Å². The van der Waals surface area contributed by atoms with Crippen LogP contribution in [0.15, 0.2) is 47.9 Å². The molecule has 2 aromatic rings. The van der Waals surface area contributed by atoms with Gasteiger partial charge in [0, 0.05) is 18.1 Å². The van der Waals surface area contributed by atoms with Crippen LogP contribution in [0.4, 0.5) is 0 Å². The number of rotatable bonds is 6. The zero-order valence-electron chi connectivity index (χ0n) is 10.1. The Labute approximate surface area is 115 Å². The van der Waals surface area contributed by atoms with E-state index in [2.05, 4.69) is 9.97 Å².